The van der Waals surface area contributed by atoms with Crippen LogP contribution in [0.5, 0.6) is 5.75 Å². The van der Waals surface area contributed by atoms with Crippen LogP contribution in [0.15, 0.2) is 30.3 Å². The van der Waals surface area contributed by atoms with Crippen molar-refractivity contribution < 1.29 is 5.11 Å². The minimum absolute atomic E-state index is 0.322. The Morgan fingerprint density at radius 2 is 1.56 bits per heavy atom. The van der Waals surface area contributed by atoms with Gasteiger partial charge in [0, 0.05) is 0 Å². The Bertz CT molecular complexity index is 139. The van der Waals surface area contributed by atoms with Gasteiger partial charge in [-0.1, -0.05) is 18.2 Å². The van der Waals surface area contributed by atoms with Crippen LogP contribution >= 0.6 is 0 Å². The number of phenols is 1. The monoisotopic (exact) mass is 132 g/mol. The van der Waals surface area contributed by atoms with Crippen LogP contribution < -0.4 is 0 Å². The zero-order valence-electron chi connectivity index (χ0n) is 5.83. The predicted molar refractivity (Wildman–Crippen MR) is 39.7 cm³/mol. The molecule has 0 saturated heterocycles. The molecule has 1 aromatic carbocycles. The molecule has 1 N–H and O–H groups in total. The maximum absolute atomic E-state index is 8.63. The number of aromatic hydroxyl groups is 1. The van der Waals surface area contributed by atoms with Crippen molar-refractivity contribution in [2.45, 2.75) is 4.17 Å². The van der Waals surface area contributed by atoms with Crippen LogP contribution in [0.25, 0.3) is 0 Å². The minimum atomic E-state index is 0.322. The van der Waals surface area contributed by atoms with Crippen molar-refractivity contribution in [3.63, 3.8) is 0 Å². The predicted octanol–water partition coefficient (Wildman–Crippen LogP) is 1.60. The molecule has 0 radical (unpaired) electrons. The fourth-order valence-corrected chi connectivity index (χ4v) is 0.428. The van der Waals surface area contributed by atoms with E-state index in [4.69, 9.17) is 5.11 Å². The third-order valence-corrected chi connectivity index (χ3v) is 0.756. The van der Waals surface area contributed by atoms with E-state index in [0.717, 1.165) is 0 Å². The second-order valence-electron chi connectivity index (χ2n) is 1.34. The molecular weight excluding hydrogens is 123 g/mol. The first-order chi connectivity index (χ1) is 4.39. The number of para-hydroxylation sites is 1. The van der Waals surface area contributed by atoms with Gasteiger partial charge < -0.3 is 5.11 Å². The van der Waals surface area contributed by atoms with E-state index < -0.39 is 0 Å². The van der Waals surface area contributed by atoms with Crippen LogP contribution in [0.4, 0.5) is 0 Å². The molecule has 0 aromatic heterocycles. The number of rotatable bonds is 0. The van der Waals surface area contributed by atoms with Crippen molar-refractivity contribution in [1.82, 2.24) is 0 Å². The van der Waals surface area contributed by atoms with Crippen LogP contribution in [-0.2, 0) is 0 Å². The quantitative estimate of drug-likeness (QED) is 0.531. The van der Waals surface area contributed by atoms with Gasteiger partial charge >= 0.3 is 32.1 Å². The first kappa shape index (κ1) is 9.02. The topological polar surface area (TPSA) is 20.2 Å². The van der Waals surface area contributed by atoms with E-state index in [9.17, 15) is 0 Å². The zero-order valence-corrected chi connectivity index (χ0v) is 7.83. The van der Waals surface area contributed by atoms with Crippen LogP contribution in [0, 0.1) is 0 Å². The Hall–Kier alpha value is 0.0200. The van der Waals surface area contributed by atoms with Gasteiger partial charge in [0.2, 0.25) is 0 Å². The number of hydrogen-bond donors (Lipinski definition) is 1. The third-order valence-electron chi connectivity index (χ3n) is 0.756. The van der Waals surface area contributed by atoms with Crippen molar-refractivity contribution in [2.75, 3.05) is 0 Å². The molecule has 9 heavy (non-hydrogen) atoms. The van der Waals surface area contributed by atoms with Crippen LogP contribution in [0.3, 0.4) is 0 Å². The molecule has 1 nitrogen and oxygen atoms in total. The summed E-state index contributed by atoms with van der Waals surface area (Å²) in [6.07, 6.45) is 0. The summed E-state index contributed by atoms with van der Waals surface area (Å²) in [5, 5.41) is 8.63. The second kappa shape index (κ2) is 6.14. The van der Waals surface area contributed by atoms with Gasteiger partial charge in [-0.2, -0.15) is 0 Å². The molecule has 0 atom stereocenters. The van der Waals surface area contributed by atoms with Gasteiger partial charge in [0.1, 0.15) is 5.75 Å². The summed E-state index contributed by atoms with van der Waals surface area (Å²) >= 11 is 1.31. The summed E-state index contributed by atoms with van der Waals surface area (Å²) in [5.74, 6) is 0.322. The Labute approximate surface area is 73.1 Å². The van der Waals surface area contributed by atoms with Crippen LogP contribution in [0.1, 0.15) is 0 Å². The Balaban J connectivity index is 0.000000291. The van der Waals surface area contributed by atoms with E-state index in [1.54, 1.807) is 24.3 Å². The molecule has 0 heterocycles. The average molecular weight is 132 g/mol. The van der Waals surface area contributed by atoms with E-state index in [2.05, 4.69) is 4.17 Å². The molecule has 0 aliphatic rings. The summed E-state index contributed by atoms with van der Waals surface area (Å²) in [6.45, 7) is 0. The van der Waals surface area contributed by atoms with E-state index in [1.807, 2.05) is 6.07 Å². The molecule has 0 aliphatic heterocycles. The molecular formula is C7H9NaO. The fraction of sp³-hybridized carbons (Fsp3) is 0.143. The normalized spacial score (nSPS) is 7.44. The van der Waals surface area contributed by atoms with Gasteiger partial charge in [-0.25, -0.2) is 0 Å². The average Bonchev–Trinajstić information content (AvgIpc) is 1.94. The maximum atomic E-state index is 8.63. The van der Waals surface area contributed by atoms with Crippen molar-refractivity contribution in [2.24, 2.45) is 0 Å². The summed E-state index contributed by atoms with van der Waals surface area (Å²) in [4.78, 5) is 0. The molecule has 0 aliphatic carbocycles. The SMILES string of the molecule is Oc1ccccc1.[CH3][Na]. The molecule has 0 saturated carbocycles. The molecule has 1 aromatic rings. The zero-order chi connectivity index (χ0) is 7.11. The summed E-state index contributed by atoms with van der Waals surface area (Å²) < 4.78 is 2.14. The van der Waals surface area contributed by atoms with E-state index in [-0.39, 0.29) is 0 Å². The van der Waals surface area contributed by atoms with Gasteiger partial charge in [0.15, 0.2) is 0 Å². The first-order valence-corrected chi connectivity index (χ1v) is 5.13. The third kappa shape index (κ3) is 4.52. The van der Waals surface area contributed by atoms with Gasteiger partial charge in [0.05, 0.1) is 0 Å². The molecule has 0 unspecified atom stereocenters. The van der Waals surface area contributed by atoms with E-state index in [0.29, 0.717) is 5.75 Å². The van der Waals surface area contributed by atoms with Crippen molar-refractivity contribution in [3.8, 4) is 5.75 Å². The Morgan fingerprint density at radius 1 is 1.11 bits per heavy atom. The van der Waals surface area contributed by atoms with Gasteiger partial charge in [-0.3, -0.25) is 0 Å². The Morgan fingerprint density at radius 3 is 1.78 bits per heavy atom. The van der Waals surface area contributed by atoms with E-state index >= 15 is 0 Å². The summed E-state index contributed by atoms with van der Waals surface area (Å²) in [6, 6.07) is 8.71. The van der Waals surface area contributed by atoms with Crippen molar-refractivity contribution >= 4 is 27.9 Å². The standard InChI is InChI=1S/C6H6O.CH3.Na/c7-6-4-2-1-3-5-6;;/h1-5,7H;1H3;. The van der Waals surface area contributed by atoms with Gasteiger partial charge in [-0.05, 0) is 12.1 Å². The fourth-order valence-electron chi connectivity index (χ4n) is 0.428. The van der Waals surface area contributed by atoms with Crippen molar-refractivity contribution in [3.05, 3.63) is 30.3 Å². The first-order valence-electron chi connectivity index (χ1n) is 3.13. The van der Waals surface area contributed by atoms with Crippen LogP contribution in [-0.4, -0.2) is 33.0 Å². The molecule has 1 rings (SSSR count). The second-order valence-corrected chi connectivity index (χ2v) is 1.34. The molecule has 2 heteroatoms. The van der Waals surface area contributed by atoms with Gasteiger partial charge in [0.25, 0.3) is 0 Å². The number of hydrogen-bond acceptors (Lipinski definition) is 1. The summed E-state index contributed by atoms with van der Waals surface area (Å²) in [7, 11) is 0. The Kier molecular flexibility index (Phi) is 6.16. The molecule has 44 valence electrons. The van der Waals surface area contributed by atoms with Crippen LogP contribution in [0.2, 0.25) is 4.17 Å². The molecule has 0 fully saturated rings. The van der Waals surface area contributed by atoms with E-state index in [1.165, 1.54) is 27.9 Å². The molecule has 0 amide bonds. The number of phenolic OH excluding ortho intramolecular Hbond substituents is 1. The molecule has 0 spiro atoms. The number of benzene rings is 1. The van der Waals surface area contributed by atoms with Gasteiger partial charge in [-0.15, -0.1) is 0 Å². The molecule has 0 bridgehead atoms. The summed E-state index contributed by atoms with van der Waals surface area (Å²) in [5.41, 5.74) is 0. The van der Waals surface area contributed by atoms with Crippen molar-refractivity contribution in [1.29, 1.82) is 0 Å².